The number of likely N-dealkylation sites (tertiary alicyclic amines) is 1. The van der Waals surface area contributed by atoms with Gasteiger partial charge in [0.05, 0.1) is 6.42 Å². The fourth-order valence-electron chi connectivity index (χ4n) is 4.79. The molecule has 4 rings (SSSR count). The monoisotopic (exact) mass is 462 g/mol. The quantitative estimate of drug-likeness (QED) is 0.538. The van der Waals surface area contributed by atoms with Crippen molar-refractivity contribution >= 4 is 11.8 Å². The molecule has 0 unspecified atom stereocenters. The fourth-order valence-corrected chi connectivity index (χ4v) is 4.79. The summed E-state index contributed by atoms with van der Waals surface area (Å²) in [6.07, 6.45) is 4.17. The van der Waals surface area contributed by atoms with Crippen LogP contribution in [0.25, 0.3) is 0 Å². The molecule has 2 amide bonds. The van der Waals surface area contributed by atoms with E-state index in [9.17, 15) is 14.0 Å². The summed E-state index contributed by atoms with van der Waals surface area (Å²) >= 11 is 0. The van der Waals surface area contributed by atoms with Gasteiger partial charge in [-0.3, -0.25) is 14.3 Å². The molecule has 0 spiro atoms. The number of hydrogen-bond acceptors (Lipinski definition) is 3. The van der Waals surface area contributed by atoms with Crippen LogP contribution in [0.4, 0.5) is 4.39 Å². The molecule has 7 heteroatoms. The van der Waals surface area contributed by atoms with Gasteiger partial charge in [-0.05, 0) is 48.4 Å². The van der Waals surface area contributed by atoms with Crippen LogP contribution in [-0.2, 0) is 24.7 Å². The third-order valence-electron chi connectivity index (χ3n) is 6.77. The third kappa shape index (κ3) is 5.53. The smallest absolute Gasteiger partial charge is 0.274 e. The van der Waals surface area contributed by atoms with Gasteiger partial charge in [-0.25, -0.2) is 4.39 Å². The second kappa shape index (κ2) is 10.6. The topological polar surface area (TPSA) is 58.4 Å². The lowest BCUT2D eigenvalue weighted by Crippen LogP contribution is -2.48. The number of carbonyl (C=O) groups is 2. The molecule has 178 valence electrons. The van der Waals surface area contributed by atoms with Crippen molar-refractivity contribution in [3.63, 3.8) is 0 Å². The van der Waals surface area contributed by atoms with Gasteiger partial charge >= 0.3 is 0 Å². The van der Waals surface area contributed by atoms with Crippen LogP contribution in [0.2, 0.25) is 0 Å². The van der Waals surface area contributed by atoms with E-state index in [1.54, 1.807) is 42.2 Å². The van der Waals surface area contributed by atoms with Gasteiger partial charge in [-0.1, -0.05) is 48.5 Å². The first-order valence-electron chi connectivity index (χ1n) is 11.7. The Bertz CT molecular complexity index is 1120. The fraction of sp³-hybridized carbons (Fsp3) is 0.370. The van der Waals surface area contributed by atoms with Crippen LogP contribution < -0.4 is 0 Å². The van der Waals surface area contributed by atoms with Gasteiger partial charge in [0.2, 0.25) is 5.91 Å². The van der Waals surface area contributed by atoms with Gasteiger partial charge in [-0.2, -0.15) is 5.10 Å². The highest BCUT2D eigenvalue weighted by Gasteiger charge is 2.33. The molecule has 0 aliphatic carbocycles. The van der Waals surface area contributed by atoms with Crippen LogP contribution in [-0.4, -0.2) is 57.6 Å². The molecule has 1 fully saturated rings. The average Bonchev–Trinajstić information content (AvgIpc) is 3.30. The summed E-state index contributed by atoms with van der Waals surface area (Å²) in [4.78, 5) is 29.6. The van der Waals surface area contributed by atoms with Crippen LogP contribution in [0.5, 0.6) is 0 Å². The van der Waals surface area contributed by atoms with Gasteiger partial charge in [0.1, 0.15) is 11.5 Å². The minimum atomic E-state index is -0.344. The van der Waals surface area contributed by atoms with Crippen LogP contribution in [0.1, 0.15) is 34.5 Å². The van der Waals surface area contributed by atoms with Crippen molar-refractivity contribution in [2.75, 3.05) is 20.1 Å². The molecule has 1 aliphatic heterocycles. The Morgan fingerprint density at radius 1 is 1.06 bits per heavy atom. The number of likely N-dealkylation sites (N-methyl/N-ethyl adjacent to an activating group) is 1. The van der Waals surface area contributed by atoms with Crippen molar-refractivity contribution < 1.29 is 14.0 Å². The standard InChI is InChI=1S/C27H31FN4O2/c1-30-15-14-24(29-30)27(34)31(2)25(18-20-8-4-3-5-9-20)21-12-16-32(17-13-21)26(33)19-22-10-6-7-11-23(22)28/h3-11,14-15,21,25H,12-13,16-19H2,1-2H3/t25-/m1/s1. The largest absolute Gasteiger partial charge is 0.342 e. The van der Waals surface area contributed by atoms with Gasteiger partial charge in [0, 0.05) is 39.4 Å². The van der Waals surface area contributed by atoms with E-state index >= 15 is 0 Å². The molecule has 1 saturated heterocycles. The maximum absolute atomic E-state index is 14.0. The molecular weight excluding hydrogens is 431 g/mol. The highest BCUT2D eigenvalue weighted by molar-refractivity contribution is 5.92. The number of amides is 2. The number of nitrogens with zero attached hydrogens (tertiary/aromatic N) is 4. The van der Waals surface area contributed by atoms with E-state index in [-0.39, 0.29) is 36.0 Å². The van der Waals surface area contributed by atoms with E-state index < -0.39 is 0 Å². The number of hydrogen-bond donors (Lipinski definition) is 0. The Morgan fingerprint density at radius 2 is 1.74 bits per heavy atom. The molecule has 1 atom stereocenters. The normalized spacial score (nSPS) is 15.2. The molecule has 1 aromatic heterocycles. The molecule has 0 saturated carbocycles. The first-order chi connectivity index (χ1) is 16.4. The predicted octanol–water partition coefficient (Wildman–Crippen LogP) is 3.72. The Balaban J connectivity index is 1.45. The SMILES string of the molecule is CN(C(=O)c1ccn(C)n1)[C@H](Cc1ccccc1)C1CCN(C(=O)Cc2ccccc2F)CC1. The summed E-state index contributed by atoms with van der Waals surface area (Å²) < 4.78 is 15.6. The molecule has 34 heavy (non-hydrogen) atoms. The van der Waals surface area contributed by atoms with E-state index in [4.69, 9.17) is 0 Å². The van der Waals surface area contributed by atoms with Gasteiger partial charge in [0.25, 0.3) is 5.91 Å². The zero-order chi connectivity index (χ0) is 24.1. The summed E-state index contributed by atoms with van der Waals surface area (Å²) in [5.41, 5.74) is 2.03. The maximum Gasteiger partial charge on any atom is 0.274 e. The maximum atomic E-state index is 14.0. The summed E-state index contributed by atoms with van der Waals surface area (Å²) in [7, 11) is 3.65. The molecule has 6 nitrogen and oxygen atoms in total. The molecule has 3 aromatic rings. The van der Waals surface area contributed by atoms with Gasteiger partial charge in [0.15, 0.2) is 0 Å². The van der Waals surface area contributed by atoms with Crippen molar-refractivity contribution in [3.05, 3.63) is 89.5 Å². The van der Waals surface area contributed by atoms with Crippen molar-refractivity contribution in [1.29, 1.82) is 0 Å². The second-order valence-corrected chi connectivity index (χ2v) is 9.03. The lowest BCUT2D eigenvalue weighted by molar-refractivity contribution is -0.132. The number of benzene rings is 2. The highest BCUT2D eigenvalue weighted by atomic mass is 19.1. The first-order valence-corrected chi connectivity index (χ1v) is 11.7. The van der Waals surface area contributed by atoms with Crippen LogP contribution in [0.3, 0.4) is 0 Å². The summed E-state index contributed by atoms with van der Waals surface area (Å²) in [6, 6.07) is 18.3. The molecule has 2 heterocycles. The summed E-state index contributed by atoms with van der Waals surface area (Å²) in [5, 5.41) is 4.29. The van der Waals surface area contributed by atoms with Crippen molar-refractivity contribution in [3.8, 4) is 0 Å². The Hall–Kier alpha value is -3.48. The molecule has 0 N–H and O–H groups in total. The molecule has 2 aromatic carbocycles. The van der Waals surface area contributed by atoms with Crippen LogP contribution in [0, 0.1) is 11.7 Å². The van der Waals surface area contributed by atoms with Crippen molar-refractivity contribution in [1.82, 2.24) is 19.6 Å². The zero-order valence-corrected chi connectivity index (χ0v) is 19.7. The third-order valence-corrected chi connectivity index (χ3v) is 6.77. The van der Waals surface area contributed by atoms with Gasteiger partial charge < -0.3 is 9.80 Å². The van der Waals surface area contributed by atoms with Gasteiger partial charge in [-0.15, -0.1) is 0 Å². The Morgan fingerprint density at radius 3 is 2.38 bits per heavy atom. The van der Waals surface area contributed by atoms with E-state index in [0.29, 0.717) is 24.3 Å². The number of halogens is 1. The first kappa shape index (κ1) is 23.7. The minimum Gasteiger partial charge on any atom is -0.342 e. The molecule has 1 aliphatic rings. The molecule has 0 radical (unpaired) electrons. The van der Waals surface area contributed by atoms with E-state index in [2.05, 4.69) is 17.2 Å². The summed E-state index contributed by atoms with van der Waals surface area (Å²) in [6.45, 7) is 1.21. The second-order valence-electron chi connectivity index (χ2n) is 9.03. The Labute approximate surface area is 200 Å². The average molecular weight is 463 g/mol. The van der Waals surface area contributed by atoms with Crippen molar-refractivity contribution in [2.45, 2.75) is 31.7 Å². The van der Waals surface area contributed by atoms with Crippen LogP contribution in [0.15, 0.2) is 66.9 Å². The molecular formula is C27H31FN4O2. The number of carbonyl (C=O) groups excluding carboxylic acids is 2. The van der Waals surface area contributed by atoms with E-state index in [1.165, 1.54) is 11.6 Å². The predicted molar refractivity (Wildman–Crippen MR) is 129 cm³/mol. The number of rotatable bonds is 7. The van der Waals surface area contributed by atoms with Crippen molar-refractivity contribution in [2.24, 2.45) is 13.0 Å². The minimum absolute atomic E-state index is 0.0132. The number of aryl methyl sites for hydroxylation is 1. The van der Waals surface area contributed by atoms with E-state index in [1.807, 2.05) is 35.0 Å². The Kier molecular flexibility index (Phi) is 7.40. The molecule has 0 bridgehead atoms. The lowest BCUT2D eigenvalue weighted by Gasteiger charge is -2.40. The van der Waals surface area contributed by atoms with E-state index in [0.717, 1.165) is 19.3 Å². The van der Waals surface area contributed by atoms with Crippen LogP contribution >= 0.6 is 0 Å². The highest BCUT2D eigenvalue weighted by Crippen LogP contribution is 2.28. The number of aromatic nitrogens is 2. The summed E-state index contributed by atoms with van der Waals surface area (Å²) in [5.74, 6) is -0.251. The zero-order valence-electron chi connectivity index (χ0n) is 19.7. The number of piperidine rings is 1. The lowest BCUT2D eigenvalue weighted by atomic mass is 9.84.